The van der Waals surface area contributed by atoms with Crippen molar-refractivity contribution in [2.45, 2.75) is 33.0 Å². The number of nitrogens with one attached hydrogen (secondary N) is 2. The lowest BCUT2D eigenvalue weighted by molar-refractivity contribution is -0.119. The molecular formula is C23H26N6O2. The van der Waals surface area contributed by atoms with Gasteiger partial charge in [-0.15, -0.1) is 0 Å². The van der Waals surface area contributed by atoms with Gasteiger partial charge in [0.05, 0.1) is 18.0 Å². The van der Waals surface area contributed by atoms with E-state index in [0.717, 1.165) is 47.7 Å². The lowest BCUT2D eigenvalue weighted by Crippen LogP contribution is -2.39. The lowest BCUT2D eigenvalue weighted by atomic mass is 10.1. The van der Waals surface area contributed by atoms with Crippen molar-refractivity contribution >= 4 is 22.5 Å². The monoisotopic (exact) mass is 418 g/mol. The van der Waals surface area contributed by atoms with Gasteiger partial charge in [-0.3, -0.25) is 9.69 Å². The van der Waals surface area contributed by atoms with Crippen molar-refractivity contribution in [3.05, 3.63) is 65.2 Å². The number of hydrogen-bond donors (Lipinski definition) is 2. The number of carbonyl (C=O) groups excluding carboxylic acids is 1. The number of amides is 1. The lowest BCUT2D eigenvalue weighted by Gasteiger charge is -2.34. The Bertz CT molecular complexity index is 1240. The van der Waals surface area contributed by atoms with Crippen LogP contribution in [0.15, 0.2) is 42.7 Å². The van der Waals surface area contributed by atoms with Crippen LogP contribution in [0.25, 0.3) is 16.6 Å². The van der Waals surface area contributed by atoms with Crippen molar-refractivity contribution in [2.75, 3.05) is 19.7 Å². The third kappa shape index (κ3) is 4.04. The van der Waals surface area contributed by atoms with E-state index in [1.165, 1.54) is 17.9 Å². The summed E-state index contributed by atoms with van der Waals surface area (Å²) in [6, 6.07) is 10.6. The van der Waals surface area contributed by atoms with Crippen LogP contribution in [-0.2, 0) is 22.6 Å². The molecule has 4 aromatic rings. The number of rotatable bonds is 5. The summed E-state index contributed by atoms with van der Waals surface area (Å²) in [5.41, 5.74) is 6.00. The van der Waals surface area contributed by atoms with Gasteiger partial charge < -0.3 is 15.0 Å². The zero-order chi connectivity index (χ0) is 21.4. The van der Waals surface area contributed by atoms with E-state index in [1.54, 1.807) is 0 Å². The molecule has 0 radical (unpaired) electrons. The van der Waals surface area contributed by atoms with Crippen LogP contribution in [0.2, 0.25) is 0 Å². The maximum absolute atomic E-state index is 11.5. The molecule has 1 aliphatic heterocycles. The Balaban J connectivity index is 1.43. The number of morpholine rings is 1. The number of benzene rings is 1. The fraction of sp³-hybridized carbons (Fsp3) is 0.348. The van der Waals surface area contributed by atoms with E-state index in [-0.39, 0.29) is 12.0 Å². The predicted octanol–water partition coefficient (Wildman–Crippen LogP) is 2.73. The minimum Gasteiger partial charge on any atom is -0.369 e. The average molecular weight is 419 g/mol. The smallest absolute Gasteiger partial charge is 0.217 e. The second kappa shape index (κ2) is 8.13. The number of ether oxygens (including phenoxy) is 1. The SMILES string of the molecule is CC(=O)NCc1cnc2cc(C)nn2c1[C@H]1CN(Cc2ccc3[nH]ccc3c2)CCO1. The van der Waals surface area contributed by atoms with Gasteiger partial charge in [-0.2, -0.15) is 5.10 Å². The van der Waals surface area contributed by atoms with E-state index in [4.69, 9.17) is 4.74 Å². The van der Waals surface area contributed by atoms with Crippen LogP contribution in [-0.4, -0.2) is 50.1 Å². The molecule has 31 heavy (non-hydrogen) atoms. The first-order valence-electron chi connectivity index (χ1n) is 10.6. The number of aromatic amines is 1. The van der Waals surface area contributed by atoms with Gasteiger partial charge >= 0.3 is 0 Å². The topological polar surface area (TPSA) is 87.6 Å². The molecule has 1 fully saturated rings. The molecule has 0 spiro atoms. The Morgan fingerprint density at radius 1 is 1.32 bits per heavy atom. The fourth-order valence-electron chi connectivity index (χ4n) is 4.27. The number of hydrogen-bond acceptors (Lipinski definition) is 5. The Morgan fingerprint density at radius 2 is 2.23 bits per heavy atom. The van der Waals surface area contributed by atoms with Crippen molar-refractivity contribution in [2.24, 2.45) is 0 Å². The number of fused-ring (bicyclic) bond motifs is 2. The molecule has 1 amide bonds. The second-order valence-electron chi connectivity index (χ2n) is 8.13. The van der Waals surface area contributed by atoms with Gasteiger partial charge in [-0.05, 0) is 36.1 Å². The van der Waals surface area contributed by atoms with Crippen LogP contribution in [0, 0.1) is 6.92 Å². The van der Waals surface area contributed by atoms with E-state index in [2.05, 4.69) is 49.5 Å². The van der Waals surface area contributed by atoms with Gasteiger partial charge in [0.1, 0.15) is 6.10 Å². The molecule has 1 aromatic carbocycles. The highest BCUT2D eigenvalue weighted by Crippen LogP contribution is 2.27. The standard InChI is InChI=1S/C23H26N6O2/c1-15-9-22-26-12-19(11-25-16(2)30)23(29(22)27-15)21-14-28(7-8-31-21)13-17-3-4-20-18(10-17)5-6-24-20/h3-6,9-10,12,21,24H,7-8,11,13-14H2,1-2H3,(H,25,30)/t21-/m1/s1. The molecule has 3 aromatic heterocycles. The van der Waals surface area contributed by atoms with Crippen molar-refractivity contribution in [3.63, 3.8) is 0 Å². The molecule has 5 rings (SSSR count). The molecule has 0 aliphatic carbocycles. The van der Waals surface area contributed by atoms with Crippen LogP contribution in [0.5, 0.6) is 0 Å². The fourth-order valence-corrected chi connectivity index (χ4v) is 4.27. The normalized spacial score (nSPS) is 17.4. The largest absolute Gasteiger partial charge is 0.369 e. The highest BCUT2D eigenvalue weighted by atomic mass is 16.5. The van der Waals surface area contributed by atoms with E-state index < -0.39 is 0 Å². The minimum atomic E-state index is -0.154. The van der Waals surface area contributed by atoms with Crippen LogP contribution >= 0.6 is 0 Å². The highest BCUT2D eigenvalue weighted by molar-refractivity contribution is 5.79. The average Bonchev–Trinajstić information content (AvgIpc) is 3.37. The maximum Gasteiger partial charge on any atom is 0.217 e. The molecule has 0 unspecified atom stereocenters. The number of carbonyl (C=O) groups is 1. The number of nitrogens with zero attached hydrogens (tertiary/aromatic N) is 4. The Kier molecular flexibility index (Phi) is 5.17. The zero-order valence-electron chi connectivity index (χ0n) is 17.8. The first-order valence-corrected chi connectivity index (χ1v) is 10.6. The molecule has 1 atom stereocenters. The summed E-state index contributed by atoms with van der Waals surface area (Å²) in [5.74, 6) is -0.0750. The summed E-state index contributed by atoms with van der Waals surface area (Å²) >= 11 is 0. The second-order valence-corrected chi connectivity index (χ2v) is 8.13. The van der Waals surface area contributed by atoms with Gasteiger partial charge in [0.15, 0.2) is 5.65 Å². The molecule has 8 heteroatoms. The summed E-state index contributed by atoms with van der Waals surface area (Å²) < 4.78 is 8.07. The molecule has 1 saturated heterocycles. The summed E-state index contributed by atoms with van der Waals surface area (Å²) in [6.07, 6.45) is 3.64. The molecule has 0 bridgehead atoms. The van der Waals surface area contributed by atoms with Crippen molar-refractivity contribution in [1.29, 1.82) is 0 Å². The molecule has 1 aliphatic rings. The summed E-state index contributed by atoms with van der Waals surface area (Å²) in [5, 5.41) is 8.76. The molecular weight excluding hydrogens is 392 g/mol. The van der Waals surface area contributed by atoms with Crippen molar-refractivity contribution in [1.82, 2.24) is 29.8 Å². The van der Waals surface area contributed by atoms with Crippen LogP contribution in [0.4, 0.5) is 0 Å². The molecule has 2 N–H and O–H groups in total. The number of aromatic nitrogens is 4. The Hall–Kier alpha value is -3.23. The molecule has 0 saturated carbocycles. The van der Waals surface area contributed by atoms with Crippen LogP contribution < -0.4 is 5.32 Å². The van der Waals surface area contributed by atoms with Crippen molar-refractivity contribution < 1.29 is 9.53 Å². The predicted molar refractivity (Wildman–Crippen MR) is 118 cm³/mol. The number of aryl methyl sites for hydroxylation is 1. The van der Waals surface area contributed by atoms with E-state index in [0.29, 0.717) is 13.2 Å². The first-order chi connectivity index (χ1) is 15.1. The number of H-pyrrole nitrogens is 1. The molecule has 4 heterocycles. The van der Waals surface area contributed by atoms with Gasteiger partial charge in [-0.25, -0.2) is 9.50 Å². The third-order valence-electron chi connectivity index (χ3n) is 5.73. The van der Waals surface area contributed by atoms with Gasteiger partial charge in [0.25, 0.3) is 0 Å². The quantitative estimate of drug-likeness (QED) is 0.520. The Morgan fingerprint density at radius 3 is 3.10 bits per heavy atom. The highest BCUT2D eigenvalue weighted by Gasteiger charge is 2.27. The minimum absolute atomic E-state index is 0.0750. The summed E-state index contributed by atoms with van der Waals surface area (Å²) in [6.45, 7) is 6.98. The first kappa shape index (κ1) is 19.7. The van der Waals surface area contributed by atoms with Crippen molar-refractivity contribution in [3.8, 4) is 0 Å². The van der Waals surface area contributed by atoms with Crippen LogP contribution in [0.1, 0.15) is 35.5 Å². The van der Waals surface area contributed by atoms with Gasteiger partial charge in [0.2, 0.25) is 5.91 Å². The summed E-state index contributed by atoms with van der Waals surface area (Å²) in [4.78, 5) is 21.7. The molecule has 160 valence electrons. The Labute approximate surface area is 180 Å². The third-order valence-corrected chi connectivity index (χ3v) is 5.73. The van der Waals surface area contributed by atoms with E-state index >= 15 is 0 Å². The van der Waals surface area contributed by atoms with E-state index in [9.17, 15) is 4.79 Å². The maximum atomic E-state index is 11.5. The molecule has 8 nitrogen and oxygen atoms in total. The van der Waals surface area contributed by atoms with Crippen LogP contribution in [0.3, 0.4) is 0 Å². The zero-order valence-corrected chi connectivity index (χ0v) is 17.8. The van der Waals surface area contributed by atoms with E-state index in [1.807, 2.05) is 29.9 Å². The van der Waals surface area contributed by atoms with Gasteiger partial charge in [-0.1, -0.05) is 6.07 Å². The van der Waals surface area contributed by atoms with Gasteiger partial charge in [0, 0.05) is 62.6 Å². The summed E-state index contributed by atoms with van der Waals surface area (Å²) in [7, 11) is 0.